The minimum Gasteiger partial charge on any atom is -0.490 e. The molecule has 10 nitrogen and oxygen atoms in total. The molecule has 2 aromatic carbocycles. The number of esters is 1. The third-order valence-corrected chi connectivity index (χ3v) is 4.78. The lowest BCUT2D eigenvalue weighted by atomic mass is 10.2. The Hall–Kier alpha value is -4.34. The fraction of sp³-hybridized carbons (Fsp3) is 0.217. The Kier molecular flexibility index (Phi) is 7.29. The predicted octanol–water partition coefficient (Wildman–Crippen LogP) is 1.16. The van der Waals surface area contributed by atoms with Gasteiger partial charge in [0.2, 0.25) is 5.78 Å². The van der Waals surface area contributed by atoms with Crippen LogP contribution in [0.5, 0.6) is 11.5 Å². The number of nitrogen functional groups attached to an aromatic ring is 1. The van der Waals surface area contributed by atoms with Gasteiger partial charge in [-0.3, -0.25) is 18.7 Å². The highest BCUT2D eigenvalue weighted by atomic mass is 16.5. The van der Waals surface area contributed by atoms with E-state index in [0.717, 1.165) is 9.13 Å². The summed E-state index contributed by atoms with van der Waals surface area (Å²) < 4.78 is 18.0. The average Bonchev–Trinajstić information content (AvgIpc) is 2.83. The van der Waals surface area contributed by atoms with Crippen LogP contribution in [0, 0.1) is 0 Å². The Morgan fingerprint density at radius 1 is 0.879 bits per heavy atom. The lowest BCUT2D eigenvalue weighted by molar-refractivity contribution is 0.0469. The smallest absolute Gasteiger partial charge is 0.342 e. The molecule has 1 aromatic heterocycles. The second-order valence-corrected chi connectivity index (χ2v) is 6.97. The van der Waals surface area contributed by atoms with E-state index in [2.05, 4.69) is 0 Å². The average molecular weight is 453 g/mol. The highest BCUT2D eigenvalue weighted by molar-refractivity contribution is 6.02. The van der Waals surface area contributed by atoms with Gasteiger partial charge in [-0.15, -0.1) is 0 Å². The van der Waals surface area contributed by atoms with Crippen LogP contribution in [0.2, 0.25) is 0 Å². The van der Waals surface area contributed by atoms with E-state index in [1.165, 1.54) is 20.2 Å². The van der Waals surface area contributed by atoms with E-state index in [1.807, 2.05) is 30.3 Å². The highest BCUT2D eigenvalue weighted by Crippen LogP contribution is 2.19. The summed E-state index contributed by atoms with van der Waals surface area (Å²) in [4.78, 5) is 49.3. The molecule has 3 rings (SSSR count). The normalized spacial score (nSPS) is 10.5. The van der Waals surface area contributed by atoms with E-state index in [0.29, 0.717) is 5.75 Å². The minimum absolute atomic E-state index is 0.103. The molecule has 2 N–H and O–H groups in total. The van der Waals surface area contributed by atoms with Gasteiger partial charge in [-0.1, -0.05) is 30.3 Å². The Bertz CT molecular complexity index is 1280. The highest BCUT2D eigenvalue weighted by Gasteiger charge is 2.22. The number of carbonyl (C=O) groups is 2. The van der Waals surface area contributed by atoms with Crippen LogP contribution in [-0.4, -0.2) is 40.7 Å². The number of aromatic nitrogens is 2. The number of Topliss-reactive ketones (excluding diaryl/α,β-unsaturated/α-hetero) is 1. The van der Waals surface area contributed by atoms with Crippen molar-refractivity contribution in [2.24, 2.45) is 14.1 Å². The summed E-state index contributed by atoms with van der Waals surface area (Å²) in [7, 11) is 2.55. The maximum Gasteiger partial charge on any atom is 0.342 e. The zero-order chi connectivity index (χ0) is 24.0. The van der Waals surface area contributed by atoms with E-state index in [4.69, 9.17) is 19.9 Å². The van der Waals surface area contributed by atoms with Crippen molar-refractivity contribution in [1.29, 1.82) is 0 Å². The number of nitrogens with two attached hydrogens (primary N) is 1. The predicted molar refractivity (Wildman–Crippen MR) is 120 cm³/mol. The fourth-order valence-corrected chi connectivity index (χ4v) is 2.99. The van der Waals surface area contributed by atoms with Crippen molar-refractivity contribution in [3.05, 3.63) is 86.6 Å². The van der Waals surface area contributed by atoms with Crippen LogP contribution in [0.3, 0.4) is 0 Å². The molecular formula is C23H23N3O7. The standard InChI is InChI=1S/C23H23N3O7/c1-25-20(24)19(21(28)26(2)23(25)30)17(27)14-33-22(29)16-10-6-7-11-18(16)32-13-12-31-15-8-4-3-5-9-15/h3-11H,12-14,24H2,1-2H3. The molecule has 0 saturated carbocycles. The van der Waals surface area contributed by atoms with Crippen LogP contribution in [0.15, 0.2) is 64.2 Å². The number of anilines is 1. The zero-order valence-corrected chi connectivity index (χ0v) is 18.1. The second-order valence-electron chi connectivity index (χ2n) is 6.97. The topological polar surface area (TPSA) is 132 Å². The van der Waals surface area contributed by atoms with Gasteiger partial charge in [-0.05, 0) is 24.3 Å². The van der Waals surface area contributed by atoms with Gasteiger partial charge >= 0.3 is 11.7 Å². The summed E-state index contributed by atoms with van der Waals surface area (Å²) in [6, 6.07) is 15.6. The van der Waals surface area contributed by atoms with Crippen LogP contribution in [0.1, 0.15) is 20.7 Å². The minimum atomic E-state index is -0.862. The SMILES string of the molecule is Cn1c(N)c(C(=O)COC(=O)c2ccccc2OCCOc2ccccc2)c(=O)n(C)c1=O. The van der Waals surface area contributed by atoms with E-state index in [9.17, 15) is 19.2 Å². The number of benzene rings is 2. The molecule has 0 aliphatic heterocycles. The number of para-hydroxylation sites is 2. The number of ketones is 1. The summed E-state index contributed by atoms with van der Waals surface area (Å²) in [5.41, 5.74) is 3.91. The lowest BCUT2D eigenvalue weighted by Crippen LogP contribution is -2.42. The van der Waals surface area contributed by atoms with E-state index in [1.54, 1.807) is 18.2 Å². The molecule has 0 bridgehead atoms. The van der Waals surface area contributed by atoms with Crippen molar-refractivity contribution in [1.82, 2.24) is 9.13 Å². The largest absolute Gasteiger partial charge is 0.490 e. The molecule has 0 radical (unpaired) electrons. The first-order valence-electron chi connectivity index (χ1n) is 9.96. The molecule has 0 aliphatic carbocycles. The van der Waals surface area contributed by atoms with Gasteiger partial charge in [0, 0.05) is 14.1 Å². The molecule has 0 atom stereocenters. The maximum atomic E-state index is 12.6. The first kappa shape index (κ1) is 23.3. The summed E-state index contributed by atoms with van der Waals surface area (Å²) in [5.74, 6) is -0.999. The van der Waals surface area contributed by atoms with Crippen LogP contribution in [0.25, 0.3) is 0 Å². The summed E-state index contributed by atoms with van der Waals surface area (Å²) in [6.07, 6.45) is 0. The third kappa shape index (κ3) is 5.29. The van der Waals surface area contributed by atoms with Gasteiger partial charge < -0.3 is 19.9 Å². The van der Waals surface area contributed by atoms with Crippen molar-refractivity contribution in [2.45, 2.75) is 0 Å². The lowest BCUT2D eigenvalue weighted by Gasteiger charge is -2.13. The number of carbonyl (C=O) groups excluding carboxylic acids is 2. The molecule has 0 fully saturated rings. The number of hydrogen-bond acceptors (Lipinski definition) is 8. The van der Waals surface area contributed by atoms with Crippen LogP contribution in [0.4, 0.5) is 5.82 Å². The van der Waals surface area contributed by atoms with Gasteiger partial charge in [0.15, 0.2) is 6.61 Å². The summed E-state index contributed by atoms with van der Waals surface area (Å²) >= 11 is 0. The molecule has 10 heteroatoms. The van der Waals surface area contributed by atoms with Gasteiger partial charge in [0.1, 0.15) is 41.7 Å². The maximum absolute atomic E-state index is 12.6. The molecule has 0 spiro atoms. The molecule has 3 aromatic rings. The molecule has 0 saturated heterocycles. The van der Waals surface area contributed by atoms with Gasteiger partial charge in [0.05, 0.1) is 0 Å². The van der Waals surface area contributed by atoms with E-state index in [-0.39, 0.29) is 30.3 Å². The summed E-state index contributed by atoms with van der Waals surface area (Å²) in [5, 5.41) is 0. The van der Waals surface area contributed by atoms with Crippen LogP contribution in [-0.2, 0) is 18.8 Å². The molecule has 1 heterocycles. The number of hydrogen-bond donors (Lipinski definition) is 1. The molecular weight excluding hydrogens is 430 g/mol. The van der Waals surface area contributed by atoms with Crippen molar-refractivity contribution >= 4 is 17.6 Å². The Morgan fingerprint density at radius 3 is 2.24 bits per heavy atom. The van der Waals surface area contributed by atoms with Crippen LogP contribution < -0.4 is 26.5 Å². The number of ether oxygens (including phenoxy) is 3. The number of nitrogens with zero attached hydrogens (tertiary/aromatic N) is 2. The molecule has 0 unspecified atom stereocenters. The zero-order valence-electron chi connectivity index (χ0n) is 18.1. The molecule has 0 amide bonds. The molecule has 172 valence electrons. The van der Waals surface area contributed by atoms with E-state index < -0.39 is 35.2 Å². The quantitative estimate of drug-likeness (QED) is 0.290. The molecule has 33 heavy (non-hydrogen) atoms. The monoisotopic (exact) mass is 453 g/mol. The van der Waals surface area contributed by atoms with Crippen LogP contribution >= 0.6 is 0 Å². The fourth-order valence-electron chi connectivity index (χ4n) is 2.99. The first-order valence-corrected chi connectivity index (χ1v) is 9.96. The molecule has 0 aliphatic rings. The van der Waals surface area contributed by atoms with Crippen molar-refractivity contribution in [3.63, 3.8) is 0 Å². The first-order chi connectivity index (χ1) is 15.8. The van der Waals surface area contributed by atoms with Crippen molar-refractivity contribution < 1.29 is 23.8 Å². The second kappa shape index (κ2) is 10.3. The van der Waals surface area contributed by atoms with Crippen molar-refractivity contribution in [3.8, 4) is 11.5 Å². The van der Waals surface area contributed by atoms with Gasteiger partial charge in [0.25, 0.3) is 5.56 Å². The Morgan fingerprint density at radius 2 is 1.52 bits per heavy atom. The summed E-state index contributed by atoms with van der Waals surface area (Å²) in [6.45, 7) is -0.314. The van der Waals surface area contributed by atoms with Gasteiger partial charge in [-0.2, -0.15) is 0 Å². The Labute approximate surface area is 188 Å². The van der Waals surface area contributed by atoms with Gasteiger partial charge in [-0.25, -0.2) is 9.59 Å². The van der Waals surface area contributed by atoms with E-state index >= 15 is 0 Å². The Balaban J connectivity index is 1.64. The van der Waals surface area contributed by atoms with Crippen molar-refractivity contribution in [2.75, 3.05) is 25.6 Å². The third-order valence-electron chi connectivity index (χ3n) is 4.78. The number of rotatable bonds is 9.